The summed E-state index contributed by atoms with van der Waals surface area (Å²) in [4.78, 5) is 14.5. The Morgan fingerprint density at radius 2 is 1.91 bits per heavy atom. The van der Waals surface area contributed by atoms with Gasteiger partial charge in [0, 0.05) is 43.2 Å². The average molecular weight is 310 g/mol. The zero-order valence-corrected chi connectivity index (χ0v) is 12.8. The topological polar surface area (TPSA) is 32.3 Å². The SMILES string of the molecule is O=C1NC[C@H]2CN(Cc3ccccc3)C[C@@H]2c2c(F)cccc21. The van der Waals surface area contributed by atoms with Gasteiger partial charge in [-0.1, -0.05) is 36.4 Å². The molecule has 2 heterocycles. The first-order valence-electron chi connectivity index (χ1n) is 8.05. The van der Waals surface area contributed by atoms with Crippen molar-refractivity contribution in [3.63, 3.8) is 0 Å². The third-order valence-corrected chi connectivity index (χ3v) is 4.96. The highest BCUT2D eigenvalue weighted by Crippen LogP contribution is 2.37. The van der Waals surface area contributed by atoms with Crippen LogP contribution in [0.2, 0.25) is 0 Å². The van der Waals surface area contributed by atoms with Crippen LogP contribution < -0.4 is 5.32 Å². The van der Waals surface area contributed by atoms with Crippen molar-refractivity contribution in [2.45, 2.75) is 12.5 Å². The van der Waals surface area contributed by atoms with Crippen LogP contribution in [0.5, 0.6) is 0 Å². The van der Waals surface area contributed by atoms with Crippen LogP contribution in [0.1, 0.15) is 27.4 Å². The van der Waals surface area contributed by atoms with E-state index in [-0.39, 0.29) is 23.6 Å². The second-order valence-electron chi connectivity index (χ2n) is 6.46. The van der Waals surface area contributed by atoms with Crippen LogP contribution in [0.3, 0.4) is 0 Å². The molecular weight excluding hydrogens is 291 g/mol. The minimum Gasteiger partial charge on any atom is -0.352 e. The molecular formula is C19H19FN2O. The monoisotopic (exact) mass is 310 g/mol. The van der Waals surface area contributed by atoms with Crippen LogP contribution in [0.15, 0.2) is 48.5 Å². The van der Waals surface area contributed by atoms with Gasteiger partial charge in [0.05, 0.1) is 0 Å². The van der Waals surface area contributed by atoms with E-state index in [0.29, 0.717) is 17.7 Å². The lowest BCUT2D eigenvalue weighted by atomic mass is 9.87. The molecule has 4 heteroatoms. The summed E-state index contributed by atoms with van der Waals surface area (Å²) < 4.78 is 14.4. The Labute approximate surface area is 135 Å². The number of nitrogens with one attached hydrogen (secondary N) is 1. The summed E-state index contributed by atoms with van der Waals surface area (Å²) in [6.45, 7) is 3.16. The molecule has 2 atom stereocenters. The molecule has 0 aliphatic carbocycles. The molecule has 1 fully saturated rings. The number of halogens is 1. The van der Waals surface area contributed by atoms with Gasteiger partial charge in [-0.25, -0.2) is 4.39 Å². The fourth-order valence-electron chi connectivity index (χ4n) is 3.90. The van der Waals surface area contributed by atoms with Gasteiger partial charge in [-0.05, 0) is 23.6 Å². The molecule has 0 spiro atoms. The van der Waals surface area contributed by atoms with Crippen LogP contribution in [-0.2, 0) is 6.54 Å². The minimum absolute atomic E-state index is 0.0777. The van der Waals surface area contributed by atoms with E-state index in [1.807, 2.05) is 18.2 Å². The van der Waals surface area contributed by atoms with Gasteiger partial charge in [0.15, 0.2) is 0 Å². The average Bonchev–Trinajstić information content (AvgIpc) is 2.90. The minimum atomic E-state index is -0.254. The highest BCUT2D eigenvalue weighted by Gasteiger charge is 2.39. The first kappa shape index (κ1) is 14.4. The number of hydrogen-bond donors (Lipinski definition) is 1. The molecule has 118 valence electrons. The number of rotatable bonds is 2. The van der Waals surface area contributed by atoms with Gasteiger partial charge in [0.2, 0.25) is 0 Å². The highest BCUT2D eigenvalue weighted by molar-refractivity contribution is 5.96. The predicted octanol–water partition coefficient (Wildman–Crippen LogP) is 2.78. The summed E-state index contributed by atoms with van der Waals surface area (Å²) in [6, 6.07) is 15.1. The third kappa shape index (κ3) is 2.63. The predicted molar refractivity (Wildman–Crippen MR) is 86.7 cm³/mol. The van der Waals surface area contributed by atoms with Gasteiger partial charge >= 0.3 is 0 Å². The molecule has 0 saturated carbocycles. The standard InChI is InChI=1S/C19H19FN2O/c20-17-8-4-7-15-18(17)16-12-22(10-13-5-2-1-3-6-13)11-14(16)9-21-19(15)23/h1-8,14,16H,9-12H2,(H,21,23)/t14-,16-/m0/s1. The maximum Gasteiger partial charge on any atom is 0.251 e. The van der Waals surface area contributed by atoms with E-state index < -0.39 is 0 Å². The second kappa shape index (κ2) is 5.78. The Bertz CT molecular complexity index is 731. The quantitative estimate of drug-likeness (QED) is 0.925. The molecule has 4 rings (SSSR count). The normalized spacial score (nSPS) is 23.8. The number of hydrogen-bond acceptors (Lipinski definition) is 2. The maximum atomic E-state index is 14.4. The van der Waals surface area contributed by atoms with E-state index in [1.54, 1.807) is 12.1 Å². The second-order valence-corrected chi connectivity index (χ2v) is 6.46. The molecule has 1 amide bonds. The van der Waals surface area contributed by atoms with Gasteiger partial charge in [0.25, 0.3) is 5.91 Å². The van der Waals surface area contributed by atoms with Crippen LogP contribution in [0.4, 0.5) is 4.39 Å². The van der Waals surface area contributed by atoms with E-state index in [4.69, 9.17) is 0 Å². The number of carbonyl (C=O) groups is 1. The molecule has 0 aromatic heterocycles. The Balaban J connectivity index is 1.63. The molecule has 3 nitrogen and oxygen atoms in total. The molecule has 0 unspecified atom stereocenters. The van der Waals surface area contributed by atoms with E-state index in [9.17, 15) is 9.18 Å². The first-order valence-corrected chi connectivity index (χ1v) is 8.05. The smallest absolute Gasteiger partial charge is 0.251 e. The van der Waals surface area contributed by atoms with Crippen molar-refractivity contribution in [1.29, 1.82) is 0 Å². The van der Waals surface area contributed by atoms with Crippen LogP contribution in [0.25, 0.3) is 0 Å². The van der Waals surface area contributed by atoms with Gasteiger partial charge in [-0.2, -0.15) is 0 Å². The largest absolute Gasteiger partial charge is 0.352 e. The summed E-state index contributed by atoms with van der Waals surface area (Å²) in [5.41, 5.74) is 2.36. The third-order valence-electron chi connectivity index (χ3n) is 4.96. The number of benzene rings is 2. The molecule has 1 saturated heterocycles. The fourth-order valence-corrected chi connectivity index (χ4v) is 3.90. The zero-order valence-electron chi connectivity index (χ0n) is 12.8. The molecule has 2 aliphatic heterocycles. The van der Waals surface area contributed by atoms with Crippen molar-refractivity contribution in [3.05, 3.63) is 71.0 Å². The lowest BCUT2D eigenvalue weighted by Gasteiger charge is -2.18. The van der Waals surface area contributed by atoms with Crippen molar-refractivity contribution < 1.29 is 9.18 Å². The lowest BCUT2D eigenvalue weighted by molar-refractivity contribution is 0.0950. The van der Waals surface area contributed by atoms with Crippen molar-refractivity contribution in [2.24, 2.45) is 5.92 Å². The van der Waals surface area contributed by atoms with Crippen molar-refractivity contribution in [2.75, 3.05) is 19.6 Å². The van der Waals surface area contributed by atoms with E-state index in [2.05, 4.69) is 22.3 Å². The lowest BCUT2D eigenvalue weighted by Crippen LogP contribution is -2.29. The van der Waals surface area contributed by atoms with Crippen LogP contribution >= 0.6 is 0 Å². The molecule has 0 bridgehead atoms. The van der Waals surface area contributed by atoms with Crippen LogP contribution in [0, 0.1) is 11.7 Å². The zero-order chi connectivity index (χ0) is 15.8. The van der Waals surface area contributed by atoms with Gasteiger partial charge in [-0.3, -0.25) is 9.69 Å². The van der Waals surface area contributed by atoms with Crippen molar-refractivity contribution in [3.8, 4) is 0 Å². The summed E-state index contributed by atoms with van der Waals surface area (Å²) in [6.07, 6.45) is 0. The Morgan fingerprint density at radius 1 is 1.09 bits per heavy atom. The van der Waals surface area contributed by atoms with Gasteiger partial charge < -0.3 is 5.32 Å². The van der Waals surface area contributed by atoms with E-state index in [1.165, 1.54) is 11.6 Å². The highest BCUT2D eigenvalue weighted by atomic mass is 19.1. The van der Waals surface area contributed by atoms with E-state index >= 15 is 0 Å². The van der Waals surface area contributed by atoms with Crippen LogP contribution in [-0.4, -0.2) is 30.4 Å². The first-order chi connectivity index (χ1) is 11.2. The number of carbonyl (C=O) groups excluding carboxylic acids is 1. The number of amides is 1. The summed E-state index contributed by atoms with van der Waals surface area (Å²) in [5.74, 6) is -0.0608. The summed E-state index contributed by atoms with van der Waals surface area (Å²) in [5, 5.41) is 2.95. The fraction of sp³-hybridized carbons (Fsp3) is 0.316. The van der Waals surface area contributed by atoms with Crippen molar-refractivity contribution >= 4 is 5.91 Å². The molecule has 0 radical (unpaired) electrons. The number of likely N-dealkylation sites (tertiary alicyclic amines) is 1. The molecule has 2 aromatic carbocycles. The molecule has 1 N–H and O–H groups in total. The summed E-state index contributed by atoms with van der Waals surface area (Å²) >= 11 is 0. The summed E-state index contributed by atoms with van der Waals surface area (Å²) in [7, 11) is 0. The molecule has 2 aliphatic rings. The maximum absolute atomic E-state index is 14.4. The Kier molecular flexibility index (Phi) is 3.62. The molecule has 23 heavy (non-hydrogen) atoms. The van der Waals surface area contributed by atoms with Gasteiger partial charge in [0.1, 0.15) is 5.82 Å². The molecule has 2 aromatic rings. The van der Waals surface area contributed by atoms with Crippen molar-refractivity contribution in [1.82, 2.24) is 10.2 Å². The number of nitrogens with zero attached hydrogens (tertiary/aromatic N) is 1. The van der Waals surface area contributed by atoms with Gasteiger partial charge in [-0.15, -0.1) is 0 Å². The Hall–Kier alpha value is -2.20. The Morgan fingerprint density at radius 3 is 2.74 bits per heavy atom. The van der Waals surface area contributed by atoms with E-state index in [0.717, 1.165) is 19.6 Å². The number of fused-ring (bicyclic) bond motifs is 3.